The van der Waals surface area contributed by atoms with Crippen LogP contribution in [0.1, 0.15) is 54.9 Å². The summed E-state index contributed by atoms with van der Waals surface area (Å²) in [5, 5.41) is 0. The van der Waals surface area contributed by atoms with E-state index in [1.54, 1.807) is 0 Å². The van der Waals surface area contributed by atoms with Gasteiger partial charge in [0.1, 0.15) is 12.6 Å². The molecule has 1 fully saturated rings. The molecule has 1 aliphatic rings. The topological polar surface area (TPSA) is 26.3 Å². The van der Waals surface area contributed by atoms with E-state index < -0.39 is 0 Å². The summed E-state index contributed by atoms with van der Waals surface area (Å²) >= 11 is 0. The molecule has 130 valence electrons. The van der Waals surface area contributed by atoms with Gasteiger partial charge in [-0.05, 0) is 51.7 Å². The number of ether oxygens (including phenoxy) is 1. The molecule has 0 spiro atoms. The first-order valence-electron chi connectivity index (χ1n) is 8.49. The number of carbonyl (C=O) groups is 1. The fourth-order valence-corrected chi connectivity index (χ4v) is 3.57. The second kappa shape index (κ2) is 9.02. The fourth-order valence-electron chi connectivity index (χ4n) is 3.57. The average molecular weight is 431 g/mol. The van der Waals surface area contributed by atoms with E-state index in [-0.39, 0.29) is 36.0 Å². The van der Waals surface area contributed by atoms with E-state index in [0.29, 0.717) is 11.6 Å². The van der Waals surface area contributed by atoms with Gasteiger partial charge in [-0.2, -0.15) is 0 Å². The molecule has 0 amide bonds. The van der Waals surface area contributed by atoms with Crippen LogP contribution in [0.2, 0.25) is 0 Å². The molecule has 0 aliphatic heterocycles. The van der Waals surface area contributed by atoms with E-state index >= 15 is 0 Å². The van der Waals surface area contributed by atoms with Gasteiger partial charge in [-0.25, -0.2) is 4.79 Å². The van der Waals surface area contributed by atoms with Gasteiger partial charge >= 0.3 is 5.97 Å². The standard InChI is InChI=1S/C19H30NO2.HI/c1-15-10-12-17(13-11-15)19(21)22-16(2)14-20(3,4)18-8-6-5-7-9-18;/h10-13,16,18H,5-9,14H2,1-4H3;1H/q+1;/p-1. The molecule has 4 heteroatoms. The second-order valence-corrected chi connectivity index (χ2v) is 7.34. The van der Waals surface area contributed by atoms with E-state index in [2.05, 4.69) is 14.1 Å². The van der Waals surface area contributed by atoms with Crippen LogP contribution in [0.4, 0.5) is 0 Å². The second-order valence-electron chi connectivity index (χ2n) is 7.34. The molecule has 1 unspecified atom stereocenters. The van der Waals surface area contributed by atoms with E-state index in [9.17, 15) is 4.79 Å². The van der Waals surface area contributed by atoms with Crippen molar-refractivity contribution in [2.24, 2.45) is 0 Å². The lowest BCUT2D eigenvalue weighted by Crippen LogP contribution is -3.00. The summed E-state index contributed by atoms with van der Waals surface area (Å²) in [6.07, 6.45) is 6.57. The molecule has 1 atom stereocenters. The molecule has 23 heavy (non-hydrogen) atoms. The van der Waals surface area contributed by atoms with Crippen LogP contribution in [0.5, 0.6) is 0 Å². The van der Waals surface area contributed by atoms with Crippen LogP contribution in [-0.4, -0.2) is 43.2 Å². The lowest BCUT2D eigenvalue weighted by Gasteiger charge is -2.41. The number of rotatable bonds is 5. The zero-order valence-electron chi connectivity index (χ0n) is 14.8. The van der Waals surface area contributed by atoms with Gasteiger partial charge in [-0.15, -0.1) is 0 Å². The third-order valence-electron chi connectivity index (χ3n) is 4.89. The van der Waals surface area contributed by atoms with E-state index in [1.807, 2.05) is 38.1 Å². The van der Waals surface area contributed by atoms with Crippen molar-refractivity contribution in [1.82, 2.24) is 0 Å². The molecule has 3 nitrogen and oxygen atoms in total. The third kappa shape index (κ3) is 6.07. The van der Waals surface area contributed by atoms with Crippen LogP contribution < -0.4 is 24.0 Å². The van der Waals surface area contributed by atoms with Gasteiger partial charge in [0.15, 0.2) is 0 Å². The van der Waals surface area contributed by atoms with Gasteiger partial charge in [0, 0.05) is 0 Å². The van der Waals surface area contributed by atoms with E-state index in [4.69, 9.17) is 4.74 Å². The monoisotopic (exact) mass is 431 g/mol. The Morgan fingerprint density at radius 1 is 1.17 bits per heavy atom. The fraction of sp³-hybridized carbons (Fsp3) is 0.632. The molecular formula is C19H30INO2. The maximum atomic E-state index is 12.2. The number of benzene rings is 1. The number of quaternary nitrogens is 1. The molecule has 1 aromatic rings. The zero-order valence-corrected chi connectivity index (χ0v) is 17.0. The molecule has 1 aliphatic carbocycles. The number of carbonyl (C=O) groups excluding carboxylic acids is 1. The van der Waals surface area contributed by atoms with Crippen molar-refractivity contribution >= 4 is 5.97 Å². The molecule has 0 N–H and O–H groups in total. The number of nitrogens with zero attached hydrogens (tertiary/aromatic N) is 1. The van der Waals surface area contributed by atoms with Crippen molar-refractivity contribution in [1.29, 1.82) is 0 Å². The van der Waals surface area contributed by atoms with Crippen molar-refractivity contribution < 1.29 is 38.0 Å². The van der Waals surface area contributed by atoms with Crippen molar-refractivity contribution in [2.75, 3.05) is 20.6 Å². The third-order valence-corrected chi connectivity index (χ3v) is 4.89. The zero-order chi connectivity index (χ0) is 16.2. The summed E-state index contributed by atoms with van der Waals surface area (Å²) < 4.78 is 6.60. The first-order valence-corrected chi connectivity index (χ1v) is 8.49. The minimum Gasteiger partial charge on any atom is -1.00 e. The highest BCUT2D eigenvalue weighted by atomic mass is 127. The lowest BCUT2D eigenvalue weighted by atomic mass is 9.93. The van der Waals surface area contributed by atoms with Crippen LogP contribution in [-0.2, 0) is 4.74 Å². The highest BCUT2D eigenvalue weighted by Crippen LogP contribution is 2.26. The summed E-state index contributed by atoms with van der Waals surface area (Å²) in [5.74, 6) is -0.212. The van der Waals surface area contributed by atoms with Crippen LogP contribution in [0.25, 0.3) is 0 Å². The normalized spacial score (nSPS) is 17.2. The van der Waals surface area contributed by atoms with Crippen LogP contribution in [0.3, 0.4) is 0 Å². The van der Waals surface area contributed by atoms with E-state index in [1.165, 1.54) is 32.1 Å². The minimum absolute atomic E-state index is 0. The van der Waals surface area contributed by atoms with E-state index in [0.717, 1.165) is 16.6 Å². The van der Waals surface area contributed by atoms with Gasteiger partial charge in [0.25, 0.3) is 0 Å². The quantitative estimate of drug-likeness (QED) is 0.395. The predicted molar refractivity (Wildman–Crippen MR) is 89.9 cm³/mol. The number of aryl methyl sites for hydroxylation is 1. The first kappa shape index (κ1) is 20.4. The smallest absolute Gasteiger partial charge is 0.338 e. The molecule has 0 heterocycles. The Balaban J connectivity index is 0.00000264. The predicted octanol–water partition coefficient (Wildman–Crippen LogP) is 0.953. The van der Waals surface area contributed by atoms with Crippen molar-refractivity contribution in [3.8, 4) is 0 Å². The molecule has 0 bridgehead atoms. The molecule has 0 aromatic heterocycles. The first-order chi connectivity index (χ1) is 10.4. The van der Waals surface area contributed by atoms with Crippen molar-refractivity contribution in [2.45, 2.75) is 58.1 Å². The number of halogens is 1. The van der Waals surface area contributed by atoms with Gasteiger partial charge in [-0.1, -0.05) is 24.1 Å². The Morgan fingerprint density at radius 2 is 1.74 bits per heavy atom. The Morgan fingerprint density at radius 3 is 2.30 bits per heavy atom. The molecular weight excluding hydrogens is 401 g/mol. The Hall–Kier alpha value is -0.620. The Labute approximate surface area is 158 Å². The van der Waals surface area contributed by atoms with Gasteiger partial charge < -0.3 is 33.2 Å². The average Bonchev–Trinajstić information content (AvgIpc) is 2.48. The minimum atomic E-state index is -0.212. The highest BCUT2D eigenvalue weighted by Gasteiger charge is 2.32. The van der Waals surface area contributed by atoms with Crippen LogP contribution in [0.15, 0.2) is 24.3 Å². The number of hydrogen-bond acceptors (Lipinski definition) is 2. The molecule has 1 aromatic carbocycles. The molecule has 0 radical (unpaired) electrons. The largest absolute Gasteiger partial charge is 1.00 e. The van der Waals surface area contributed by atoms with Gasteiger partial charge in [-0.3, -0.25) is 0 Å². The number of likely N-dealkylation sites (N-methyl/N-ethyl adjacent to an activating group) is 1. The van der Waals surface area contributed by atoms with Gasteiger partial charge in [0.05, 0.1) is 25.7 Å². The summed E-state index contributed by atoms with van der Waals surface area (Å²) in [6, 6.07) is 8.28. The molecule has 0 saturated heterocycles. The summed E-state index contributed by atoms with van der Waals surface area (Å²) in [4.78, 5) is 12.2. The number of hydrogen-bond donors (Lipinski definition) is 0. The SMILES string of the molecule is Cc1ccc(C(=O)OC(C)C[N+](C)(C)C2CCCCC2)cc1.[I-]. The highest BCUT2D eigenvalue weighted by molar-refractivity contribution is 5.89. The van der Waals surface area contributed by atoms with Crippen LogP contribution in [0, 0.1) is 6.92 Å². The summed E-state index contributed by atoms with van der Waals surface area (Å²) in [5.41, 5.74) is 1.79. The van der Waals surface area contributed by atoms with Crippen molar-refractivity contribution in [3.63, 3.8) is 0 Å². The lowest BCUT2D eigenvalue weighted by molar-refractivity contribution is -0.918. The molecule has 2 rings (SSSR count). The maximum Gasteiger partial charge on any atom is 0.338 e. The molecule has 1 saturated carbocycles. The summed E-state index contributed by atoms with van der Waals surface area (Å²) in [6.45, 7) is 4.90. The summed E-state index contributed by atoms with van der Waals surface area (Å²) in [7, 11) is 4.54. The Kier molecular flexibility index (Phi) is 8.01. The number of esters is 1. The maximum absolute atomic E-state index is 12.2. The Bertz CT molecular complexity index is 493. The van der Waals surface area contributed by atoms with Gasteiger partial charge in [0.2, 0.25) is 0 Å². The van der Waals surface area contributed by atoms with Crippen molar-refractivity contribution in [3.05, 3.63) is 35.4 Å². The van der Waals surface area contributed by atoms with Crippen LogP contribution >= 0.6 is 0 Å².